The molecule has 0 saturated carbocycles. The van der Waals surface area contributed by atoms with Crippen molar-refractivity contribution in [1.82, 2.24) is 19.6 Å². The number of urea groups is 1. The van der Waals surface area contributed by atoms with Gasteiger partial charge in [0.2, 0.25) is 5.96 Å². The minimum atomic E-state index is -0.500. The molecule has 3 aliphatic heterocycles. The zero-order valence-electron chi connectivity index (χ0n) is 16.4. The van der Waals surface area contributed by atoms with Crippen molar-refractivity contribution in [2.45, 2.75) is 46.4 Å². The molecule has 0 N–H and O–H groups in total. The monoisotopic (exact) mass is 367 g/mol. The molecule has 0 bridgehead atoms. The highest BCUT2D eigenvalue weighted by atomic mass is 16.2. The predicted molar refractivity (Wildman–Crippen MR) is 102 cm³/mol. The van der Waals surface area contributed by atoms with E-state index in [1.807, 2.05) is 49.9 Å². The van der Waals surface area contributed by atoms with Crippen LogP contribution in [-0.2, 0) is 11.3 Å². The van der Waals surface area contributed by atoms with E-state index in [0.29, 0.717) is 0 Å². The van der Waals surface area contributed by atoms with Crippen LogP contribution < -0.4 is 0 Å². The molecule has 27 heavy (non-hydrogen) atoms. The average molecular weight is 367 g/mol. The molecule has 0 radical (unpaired) electrons. The lowest BCUT2D eigenvalue weighted by Gasteiger charge is -2.40. The van der Waals surface area contributed by atoms with Gasteiger partial charge in [0.25, 0.3) is 5.91 Å². The maximum Gasteiger partial charge on any atom is 0.328 e. The van der Waals surface area contributed by atoms with Crippen LogP contribution in [0.2, 0.25) is 0 Å². The number of nitrogens with zero attached hydrogens (tertiary/aromatic N) is 5. The second-order valence-electron chi connectivity index (χ2n) is 7.38. The van der Waals surface area contributed by atoms with E-state index in [2.05, 4.69) is 11.8 Å². The number of rotatable bonds is 3. The third kappa shape index (κ3) is 2.44. The van der Waals surface area contributed by atoms with E-state index in [9.17, 15) is 9.59 Å². The maximum absolute atomic E-state index is 13.3. The SMILES string of the molecule is CCN1C2=NC3C(C(=O)N(Cc4ccc(C)cc4)C(=O)N3C)N2C(C)=C1C. The maximum atomic E-state index is 13.3. The van der Waals surface area contributed by atoms with Gasteiger partial charge in [-0.15, -0.1) is 0 Å². The molecule has 1 saturated heterocycles. The van der Waals surface area contributed by atoms with Crippen molar-refractivity contribution in [2.24, 2.45) is 4.99 Å². The second kappa shape index (κ2) is 6.11. The van der Waals surface area contributed by atoms with Crippen LogP contribution in [0.3, 0.4) is 0 Å². The van der Waals surface area contributed by atoms with Crippen LogP contribution in [0.15, 0.2) is 40.7 Å². The Morgan fingerprint density at radius 1 is 1.00 bits per heavy atom. The lowest BCUT2D eigenvalue weighted by molar-refractivity contribution is -0.137. The molecule has 142 valence electrons. The average Bonchev–Trinajstić information content (AvgIpc) is 3.14. The molecule has 7 heteroatoms. The first-order valence-corrected chi connectivity index (χ1v) is 9.31. The zero-order chi connectivity index (χ0) is 19.5. The van der Waals surface area contributed by atoms with Gasteiger partial charge in [-0.2, -0.15) is 0 Å². The highest BCUT2D eigenvalue weighted by molar-refractivity contribution is 6.05. The standard InChI is InChI=1S/C20H25N5O2/c1-6-23-13(3)14(4)25-16-17(21-19(23)25)22(5)20(27)24(18(16)26)11-15-9-7-12(2)8-10-15/h7-10,16-17H,6,11H2,1-5H3. The van der Waals surface area contributed by atoms with Crippen molar-refractivity contribution >= 4 is 17.9 Å². The summed E-state index contributed by atoms with van der Waals surface area (Å²) in [5.41, 5.74) is 4.21. The number of benzene rings is 1. The van der Waals surface area contributed by atoms with Gasteiger partial charge in [-0.1, -0.05) is 29.8 Å². The van der Waals surface area contributed by atoms with Gasteiger partial charge in [0.15, 0.2) is 12.2 Å². The van der Waals surface area contributed by atoms with Crippen molar-refractivity contribution in [2.75, 3.05) is 13.6 Å². The van der Waals surface area contributed by atoms with E-state index in [-0.39, 0.29) is 18.5 Å². The molecule has 2 atom stereocenters. The Hall–Kier alpha value is -2.83. The Kier molecular flexibility index (Phi) is 3.98. The first-order chi connectivity index (χ1) is 12.8. The molecule has 7 nitrogen and oxygen atoms in total. The zero-order valence-corrected chi connectivity index (χ0v) is 16.4. The molecule has 1 fully saturated rings. The van der Waals surface area contributed by atoms with E-state index in [0.717, 1.165) is 35.0 Å². The van der Waals surface area contributed by atoms with Gasteiger partial charge < -0.3 is 9.80 Å². The highest BCUT2D eigenvalue weighted by Crippen LogP contribution is 2.37. The molecule has 3 aliphatic rings. The van der Waals surface area contributed by atoms with Crippen LogP contribution in [0.25, 0.3) is 0 Å². The number of amides is 3. The summed E-state index contributed by atoms with van der Waals surface area (Å²) in [6.07, 6.45) is -0.480. The van der Waals surface area contributed by atoms with Gasteiger partial charge in [-0.3, -0.25) is 14.6 Å². The van der Waals surface area contributed by atoms with Crippen LogP contribution in [0.1, 0.15) is 31.9 Å². The number of imide groups is 1. The number of carbonyl (C=O) groups is 2. The fourth-order valence-electron chi connectivity index (χ4n) is 4.08. The number of guanidine groups is 1. The quantitative estimate of drug-likeness (QED) is 0.823. The Bertz CT molecular complexity index is 873. The number of likely N-dealkylation sites (N-methyl/N-ethyl adjacent to an activating group) is 1. The van der Waals surface area contributed by atoms with Crippen LogP contribution in [0.4, 0.5) is 4.79 Å². The van der Waals surface area contributed by atoms with Crippen LogP contribution in [-0.4, -0.2) is 63.3 Å². The molecule has 0 aliphatic carbocycles. The summed E-state index contributed by atoms with van der Waals surface area (Å²) in [5, 5.41) is 0. The summed E-state index contributed by atoms with van der Waals surface area (Å²) < 4.78 is 0. The molecule has 1 aromatic rings. The Morgan fingerprint density at radius 2 is 1.67 bits per heavy atom. The Balaban J connectivity index is 1.68. The number of aliphatic imine (C=N–C) groups is 1. The first-order valence-electron chi connectivity index (χ1n) is 9.31. The van der Waals surface area contributed by atoms with Gasteiger partial charge in [0.1, 0.15) is 0 Å². The van der Waals surface area contributed by atoms with Crippen molar-refractivity contribution in [1.29, 1.82) is 0 Å². The molecule has 1 aromatic carbocycles. The number of hydrogen-bond acceptors (Lipinski definition) is 5. The molecule has 2 unspecified atom stereocenters. The molecular weight excluding hydrogens is 342 g/mol. The van der Waals surface area contributed by atoms with Crippen LogP contribution in [0.5, 0.6) is 0 Å². The van der Waals surface area contributed by atoms with E-state index < -0.39 is 12.2 Å². The minimum Gasteiger partial charge on any atom is -0.315 e. The number of fused-ring (bicyclic) bond motifs is 3. The Labute approximate surface area is 159 Å². The van der Waals surface area contributed by atoms with E-state index in [4.69, 9.17) is 4.99 Å². The molecule has 3 heterocycles. The summed E-state index contributed by atoms with van der Waals surface area (Å²) >= 11 is 0. The van der Waals surface area contributed by atoms with E-state index >= 15 is 0 Å². The normalized spacial score (nSPS) is 24.7. The van der Waals surface area contributed by atoms with Gasteiger partial charge in [-0.05, 0) is 33.3 Å². The molecule has 4 rings (SSSR count). The molecule has 3 amide bonds. The fraction of sp³-hybridized carbons (Fsp3) is 0.450. The molecule has 0 spiro atoms. The summed E-state index contributed by atoms with van der Waals surface area (Å²) in [6.45, 7) is 9.18. The van der Waals surface area contributed by atoms with Crippen molar-refractivity contribution in [3.63, 3.8) is 0 Å². The van der Waals surface area contributed by atoms with Crippen LogP contribution in [0, 0.1) is 6.92 Å². The van der Waals surface area contributed by atoms with Gasteiger partial charge in [-0.25, -0.2) is 9.79 Å². The lowest BCUT2D eigenvalue weighted by atomic mass is 10.1. The predicted octanol–water partition coefficient (Wildman–Crippen LogP) is 2.34. The Morgan fingerprint density at radius 3 is 2.30 bits per heavy atom. The number of allylic oxidation sites excluding steroid dienone is 2. The number of aryl methyl sites for hydroxylation is 1. The smallest absolute Gasteiger partial charge is 0.315 e. The second-order valence-corrected chi connectivity index (χ2v) is 7.38. The highest BCUT2D eigenvalue weighted by Gasteiger charge is 2.55. The minimum absolute atomic E-state index is 0.187. The van der Waals surface area contributed by atoms with Gasteiger partial charge in [0, 0.05) is 25.0 Å². The number of hydrogen-bond donors (Lipinski definition) is 0. The third-order valence-corrected chi connectivity index (χ3v) is 5.78. The van der Waals surface area contributed by atoms with Crippen molar-refractivity contribution in [3.05, 3.63) is 46.8 Å². The topological polar surface area (TPSA) is 59.5 Å². The number of carbonyl (C=O) groups excluding carboxylic acids is 2. The van der Waals surface area contributed by atoms with Gasteiger partial charge in [0.05, 0.1) is 6.54 Å². The summed E-state index contributed by atoms with van der Waals surface area (Å²) in [5.74, 6) is 0.584. The fourth-order valence-corrected chi connectivity index (χ4v) is 4.08. The summed E-state index contributed by atoms with van der Waals surface area (Å²) in [7, 11) is 1.73. The largest absolute Gasteiger partial charge is 0.328 e. The third-order valence-electron chi connectivity index (χ3n) is 5.78. The summed E-state index contributed by atoms with van der Waals surface area (Å²) in [4.78, 5) is 38.0. The molecule has 0 aromatic heterocycles. The van der Waals surface area contributed by atoms with Gasteiger partial charge >= 0.3 is 6.03 Å². The van der Waals surface area contributed by atoms with E-state index in [1.54, 1.807) is 11.9 Å². The lowest BCUT2D eigenvalue weighted by Crippen LogP contribution is -2.64. The first kappa shape index (κ1) is 17.6. The van der Waals surface area contributed by atoms with Crippen molar-refractivity contribution < 1.29 is 9.59 Å². The summed E-state index contributed by atoms with van der Waals surface area (Å²) in [6, 6.07) is 7.11. The van der Waals surface area contributed by atoms with E-state index in [1.165, 1.54) is 4.90 Å². The van der Waals surface area contributed by atoms with Crippen molar-refractivity contribution in [3.8, 4) is 0 Å². The van der Waals surface area contributed by atoms with Crippen LogP contribution >= 0.6 is 0 Å². The molecular formula is C20H25N5O2.